The Hall–Kier alpha value is -4.02. The van der Waals surface area contributed by atoms with Gasteiger partial charge in [-0.3, -0.25) is 24.1 Å². The van der Waals surface area contributed by atoms with E-state index >= 15 is 0 Å². The summed E-state index contributed by atoms with van der Waals surface area (Å²) in [5.41, 5.74) is 1.41. The topological polar surface area (TPSA) is 128 Å². The molecule has 2 aromatic carbocycles. The minimum atomic E-state index is -1.94. The molecular formula is C34H41N3O7. The van der Waals surface area contributed by atoms with E-state index in [1.165, 1.54) is 7.11 Å². The summed E-state index contributed by atoms with van der Waals surface area (Å²) in [5, 5.41) is 21.8. The number of benzene rings is 2. The van der Waals surface area contributed by atoms with Gasteiger partial charge in [0.2, 0.25) is 11.8 Å². The second kappa shape index (κ2) is 13.3. The number of unbranched alkanes of at least 4 members (excludes halogenated alkanes) is 1. The fraction of sp³-hybridized carbons (Fsp3) is 0.471. The third-order valence-corrected chi connectivity index (χ3v) is 9.13. The van der Waals surface area contributed by atoms with Crippen molar-refractivity contribution < 1.29 is 34.1 Å². The smallest absolute Gasteiger partial charge is 0.305 e. The molecule has 2 N–H and O–H groups in total. The number of para-hydroxylation sites is 1. The molecule has 0 aromatic heterocycles. The van der Waals surface area contributed by atoms with E-state index in [2.05, 4.69) is 0 Å². The summed E-state index contributed by atoms with van der Waals surface area (Å²) in [6, 6.07) is 12.8. The van der Waals surface area contributed by atoms with Crippen LogP contribution in [0.15, 0.2) is 54.6 Å². The van der Waals surface area contributed by atoms with Crippen molar-refractivity contribution in [2.45, 2.75) is 69.9 Å². The number of hydrogen-bond acceptors (Lipinski definition) is 7. The number of hydrogen-bond donors (Lipinski definition) is 2. The molecule has 0 aliphatic carbocycles. The average Bonchev–Trinajstić information content (AvgIpc) is 3.60. The van der Waals surface area contributed by atoms with E-state index in [0.717, 1.165) is 24.1 Å². The number of amides is 3. The lowest BCUT2D eigenvalue weighted by atomic mass is 9.82. The summed E-state index contributed by atoms with van der Waals surface area (Å²) in [5.74, 6) is -1.68. The summed E-state index contributed by atoms with van der Waals surface area (Å²) in [4.78, 5) is 56.5. The number of carbonyl (C=O) groups excluding carboxylic acids is 4. The van der Waals surface area contributed by atoms with Crippen molar-refractivity contribution in [3.63, 3.8) is 0 Å². The van der Waals surface area contributed by atoms with Crippen LogP contribution in [0.3, 0.4) is 0 Å². The quantitative estimate of drug-likeness (QED) is 0.228. The van der Waals surface area contributed by atoms with Crippen molar-refractivity contribution in [3.05, 3.63) is 65.7 Å². The second-order valence-corrected chi connectivity index (χ2v) is 11.8. The van der Waals surface area contributed by atoms with Crippen LogP contribution < -0.4 is 9.80 Å². The van der Waals surface area contributed by atoms with Gasteiger partial charge in [0, 0.05) is 49.5 Å². The molecule has 3 heterocycles. The van der Waals surface area contributed by atoms with Gasteiger partial charge in [-0.1, -0.05) is 37.3 Å². The van der Waals surface area contributed by atoms with Gasteiger partial charge in [-0.25, -0.2) is 0 Å². The lowest BCUT2D eigenvalue weighted by Gasteiger charge is -2.31. The number of ether oxygens (including phenoxy) is 1. The average molecular weight is 604 g/mol. The highest BCUT2D eigenvalue weighted by molar-refractivity contribution is 6.09. The van der Waals surface area contributed by atoms with Crippen LogP contribution in [0.2, 0.25) is 0 Å². The van der Waals surface area contributed by atoms with Gasteiger partial charge < -0.3 is 24.7 Å². The Balaban J connectivity index is 1.44. The SMILES string of the molecule is COC(=O)CCCCN1C(=O)[C@](O)([C@H](C)/C=C/CC(=O)N2CCC[C@H]2CO)c2cc(N3C(=O)CCc4ccccc43)ccc21. The minimum absolute atomic E-state index is 0.0641. The zero-order valence-corrected chi connectivity index (χ0v) is 25.4. The van der Waals surface area contributed by atoms with Crippen molar-refractivity contribution in [1.29, 1.82) is 0 Å². The number of esters is 1. The van der Waals surface area contributed by atoms with E-state index in [1.54, 1.807) is 52.0 Å². The van der Waals surface area contributed by atoms with Gasteiger partial charge >= 0.3 is 5.97 Å². The molecule has 234 valence electrons. The molecule has 0 unspecified atom stereocenters. The molecule has 44 heavy (non-hydrogen) atoms. The largest absolute Gasteiger partial charge is 0.469 e. The van der Waals surface area contributed by atoms with E-state index < -0.39 is 17.4 Å². The highest BCUT2D eigenvalue weighted by Gasteiger charge is 2.52. The molecule has 3 amide bonds. The first kappa shape index (κ1) is 31.4. The molecule has 10 heteroatoms. The van der Waals surface area contributed by atoms with Crippen molar-refractivity contribution >= 4 is 40.8 Å². The van der Waals surface area contributed by atoms with Crippen LogP contribution in [0.1, 0.15) is 63.0 Å². The highest BCUT2D eigenvalue weighted by Crippen LogP contribution is 2.48. The Morgan fingerprint density at radius 2 is 1.91 bits per heavy atom. The minimum Gasteiger partial charge on any atom is -0.469 e. The Morgan fingerprint density at radius 3 is 2.68 bits per heavy atom. The van der Waals surface area contributed by atoms with Crippen LogP contribution in [0.25, 0.3) is 0 Å². The first-order chi connectivity index (χ1) is 21.2. The van der Waals surface area contributed by atoms with Crippen LogP contribution in [-0.4, -0.2) is 71.7 Å². The number of anilines is 3. The molecule has 0 bridgehead atoms. The molecular weight excluding hydrogens is 562 g/mol. The molecule has 0 radical (unpaired) electrons. The van der Waals surface area contributed by atoms with Crippen LogP contribution in [0.4, 0.5) is 17.1 Å². The number of fused-ring (bicyclic) bond motifs is 2. The molecule has 2 aromatic rings. The van der Waals surface area contributed by atoms with Gasteiger partial charge in [0.1, 0.15) is 0 Å². The Morgan fingerprint density at radius 1 is 1.11 bits per heavy atom. The Kier molecular flexibility index (Phi) is 9.51. The maximum absolute atomic E-state index is 14.0. The Labute approximate surface area is 257 Å². The van der Waals surface area contributed by atoms with Crippen LogP contribution in [0.5, 0.6) is 0 Å². The monoisotopic (exact) mass is 603 g/mol. The van der Waals surface area contributed by atoms with E-state index in [9.17, 15) is 29.4 Å². The standard InChI is InChI=1S/C34H41N3O7/c1-23(9-7-13-30(39)35-20-8-11-26(35)22-38)34(43)27-21-25(37-28-12-4-3-10-24(28)15-18-31(37)40)16-17-29(27)36(33(34)42)19-6-5-14-32(41)44-2/h3-4,7,9-10,12,16-17,21,23,26,38,43H,5-6,8,11,13-15,18-20,22H2,1-2H3/b9-7+/t23-,26+,34+/m1/s1. The van der Waals surface area contributed by atoms with Gasteiger partial charge in [0.05, 0.1) is 31.1 Å². The summed E-state index contributed by atoms with van der Waals surface area (Å²) in [6.45, 7) is 2.57. The zero-order chi connectivity index (χ0) is 31.4. The molecule has 5 rings (SSSR count). The summed E-state index contributed by atoms with van der Waals surface area (Å²) < 4.78 is 4.73. The number of aliphatic hydroxyl groups excluding tert-OH is 1. The Bertz CT molecular complexity index is 1460. The van der Waals surface area contributed by atoms with E-state index in [-0.39, 0.29) is 43.3 Å². The summed E-state index contributed by atoms with van der Waals surface area (Å²) in [6.07, 6.45) is 7.36. The number of nitrogens with zero attached hydrogens (tertiary/aromatic N) is 3. The van der Waals surface area contributed by atoms with Crippen molar-refractivity contribution in [2.75, 3.05) is 36.6 Å². The fourth-order valence-corrected chi connectivity index (χ4v) is 6.63. The molecule has 0 spiro atoms. The molecule has 10 nitrogen and oxygen atoms in total. The van der Waals surface area contributed by atoms with E-state index in [1.807, 2.05) is 24.3 Å². The number of rotatable bonds is 11. The van der Waals surface area contributed by atoms with Gasteiger partial charge in [0.25, 0.3) is 5.91 Å². The molecule has 3 aliphatic rings. The van der Waals surface area contributed by atoms with Gasteiger partial charge in [-0.15, -0.1) is 0 Å². The predicted molar refractivity (Wildman–Crippen MR) is 165 cm³/mol. The molecule has 1 saturated heterocycles. The number of aryl methyl sites for hydroxylation is 1. The normalized spacial score (nSPS) is 22.0. The van der Waals surface area contributed by atoms with Crippen molar-refractivity contribution in [3.8, 4) is 0 Å². The lowest BCUT2D eigenvalue weighted by Crippen LogP contribution is -2.44. The maximum atomic E-state index is 14.0. The fourth-order valence-electron chi connectivity index (χ4n) is 6.63. The summed E-state index contributed by atoms with van der Waals surface area (Å²) >= 11 is 0. The van der Waals surface area contributed by atoms with Crippen molar-refractivity contribution in [1.82, 2.24) is 4.90 Å². The first-order valence-electron chi connectivity index (χ1n) is 15.4. The molecule has 3 atom stereocenters. The predicted octanol–water partition coefficient (Wildman–Crippen LogP) is 3.74. The number of methoxy groups -OCH3 is 1. The third kappa shape index (κ3) is 5.88. The van der Waals surface area contributed by atoms with Crippen LogP contribution in [-0.2, 0) is 35.9 Å². The first-order valence-corrected chi connectivity index (χ1v) is 15.4. The lowest BCUT2D eigenvalue weighted by molar-refractivity contribution is -0.140. The maximum Gasteiger partial charge on any atom is 0.305 e. The highest BCUT2D eigenvalue weighted by atomic mass is 16.5. The molecule has 0 saturated carbocycles. The second-order valence-electron chi connectivity index (χ2n) is 11.8. The van der Waals surface area contributed by atoms with E-state index in [0.29, 0.717) is 55.7 Å². The van der Waals surface area contributed by atoms with Crippen LogP contribution in [0, 0.1) is 5.92 Å². The zero-order valence-electron chi connectivity index (χ0n) is 25.4. The number of likely N-dealkylation sites (tertiary alicyclic amines) is 1. The molecule has 3 aliphatic heterocycles. The number of carbonyl (C=O) groups is 4. The van der Waals surface area contributed by atoms with Gasteiger partial charge in [-0.05, 0) is 61.9 Å². The van der Waals surface area contributed by atoms with Gasteiger partial charge in [0.15, 0.2) is 5.60 Å². The van der Waals surface area contributed by atoms with Crippen LogP contribution >= 0.6 is 0 Å². The third-order valence-electron chi connectivity index (χ3n) is 9.13. The molecule has 1 fully saturated rings. The summed E-state index contributed by atoms with van der Waals surface area (Å²) in [7, 11) is 1.34. The number of aliphatic hydroxyl groups is 2. The van der Waals surface area contributed by atoms with E-state index in [4.69, 9.17) is 4.74 Å². The van der Waals surface area contributed by atoms with Gasteiger partial charge in [-0.2, -0.15) is 0 Å². The van der Waals surface area contributed by atoms with Crippen molar-refractivity contribution in [2.24, 2.45) is 5.92 Å².